The van der Waals surface area contributed by atoms with Crippen molar-refractivity contribution in [3.05, 3.63) is 158 Å². The number of imidazole rings is 2. The van der Waals surface area contributed by atoms with Crippen LogP contribution >= 0.6 is 0 Å². The standard InChI is InChI=1S/C42H26N4O/c1-3-10-27(11-4-1)31-15-9-17-38-40(31)34-21-19-30(25-36(34)41-43-22-23-45(38)41)47-29-18-20-32-33-14-7-8-16-37(33)46-39(28-12-5-2-6-13-28)26-44-42(46)35(32)24-29/h1-26H. The van der Waals surface area contributed by atoms with Gasteiger partial charge in [-0.2, -0.15) is 0 Å². The number of aromatic nitrogens is 4. The fraction of sp³-hybridized carbons (Fsp3) is 0. The van der Waals surface area contributed by atoms with Gasteiger partial charge in [0.1, 0.15) is 22.8 Å². The molecule has 0 bridgehead atoms. The monoisotopic (exact) mass is 602 g/mol. The molecule has 10 rings (SSSR count). The zero-order valence-corrected chi connectivity index (χ0v) is 25.2. The second kappa shape index (κ2) is 10.0. The van der Waals surface area contributed by atoms with Gasteiger partial charge in [-0.3, -0.25) is 8.80 Å². The summed E-state index contributed by atoms with van der Waals surface area (Å²) >= 11 is 0. The van der Waals surface area contributed by atoms with Crippen LogP contribution in [0.5, 0.6) is 11.5 Å². The highest BCUT2D eigenvalue weighted by Gasteiger charge is 2.17. The van der Waals surface area contributed by atoms with E-state index < -0.39 is 0 Å². The summed E-state index contributed by atoms with van der Waals surface area (Å²) in [7, 11) is 0. The minimum atomic E-state index is 0.753. The lowest BCUT2D eigenvalue weighted by molar-refractivity contribution is 0.484. The molecule has 0 atom stereocenters. The van der Waals surface area contributed by atoms with Crippen LogP contribution in [0.25, 0.3) is 77.0 Å². The molecular formula is C42H26N4O. The molecule has 0 N–H and O–H groups in total. The third-order valence-electron chi connectivity index (χ3n) is 9.26. The molecule has 0 fully saturated rings. The number of para-hydroxylation sites is 1. The van der Waals surface area contributed by atoms with Gasteiger partial charge in [-0.15, -0.1) is 0 Å². The lowest BCUT2D eigenvalue weighted by Gasteiger charge is -2.15. The molecule has 4 aromatic heterocycles. The minimum Gasteiger partial charge on any atom is -0.457 e. The molecule has 0 aliphatic heterocycles. The van der Waals surface area contributed by atoms with Crippen molar-refractivity contribution in [1.82, 2.24) is 18.8 Å². The molecule has 0 saturated heterocycles. The van der Waals surface area contributed by atoms with Gasteiger partial charge >= 0.3 is 0 Å². The van der Waals surface area contributed by atoms with E-state index in [2.05, 4.69) is 142 Å². The van der Waals surface area contributed by atoms with E-state index in [0.717, 1.165) is 66.6 Å². The van der Waals surface area contributed by atoms with Crippen molar-refractivity contribution < 1.29 is 4.74 Å². The number of pyridine rings is 2. The van der Waals surface area contributed by atoms with E-state index in [1.54, 1.807) is 0 Å². The average molecular weight is 603 g/mol. The Kier molecular flexibility index (Phi) is 5.51. The Morgan fingerprint density at radius 3 is 1.98 bits per heavy atom. The molecule has 0 aliphatic rings. The Hall–Kier alpha value is -6.46. The Balaban J connectivity index is 1.15. The first-order valence-corrected chi connectivity index (χ1v) is 15.7. The molecular weight excluding hydrogens is 576 g/mol. The number of fused-ring (bicyclic) bond motifs is 12. The predicted octanol–water partition coefficient (Wildman–Crippen LogP) is 10.7. The number of benzene rings is 6. The Labute approximate surface area is 269 Å². The third-order valence-corrected chi connectivity index (χ3v) is 9.26. The lowest BCUT2D eigenvalue weighted by Crippen LogP contribution is -1.95. The van der Waals surface area contributed by atoms with Crippen LogP contribution in [0.1, 0.15) is 0 Å². The molecule has 220 valence electrons. The molecule has 0 aliphatic carbocycles. The summed E-state index contributed by atoms with van der Waals surface area (Å²) in [5.74, 6) is 1.51. The average Bonchev–Trinajstić information content (AvgIpc) is 3.82. The largest absolute Gasteiger partial charge is 0.457 e. The summed E-state index contributed by atoms with van der Waals surface area (Å²) < 4.78 is 11.1. The quantitative estimate of drug-likeness (QED) is 0.188. The van der Waals surface area contributed by atoms with Crippen LogP contribution in [-0.2, 0) is 0 Å². The van der Waals surface area contributed by atoms with Gasteiger partial charge in [-0.25, -0.2) is 9.97 Å². The first-order chi connectivity index (χ1) is 23.3. The molecule has 10 aromatic rings. The molecule has 5 heteroatoms. The summed E-state index contributed by atoms with van der Waals surface area (Å²) in [4.78, 5) is 9.72. The van der Waals surface area contributed by atoms with Gasteiger partial charge in [0.2, 0.25) is 0 Å². The fourth-order valence-electron chi connectivity index (χ4n) is 7.21. The number of ether oxygens (including phenoxy) is 1. The second-order valence-corrected chi connectivity index (χ2v) is 11.9. The smallest absolute Gasteiger partial charge is 0.145 e. The zero-order chi connectivity index (χ0) is 30.9. The van der Waals surface area contributed by atoms with Gasteiger partial charge in [0.25, 0.3) is 0 Å². The topological polar surface area (TPSA) is 43.8 Å². The highest BCUT2D eigenvalue weighted by molar-refractivity contribution is 6.17. The van der Waals surface area contributed by atoms with E-state index in [-0.39, 0.29) is 0 Å². The molecule has 0 amide bonds. The van der Waals surface area contributed by atoms with E-state index in [4.69, 9.17) is 14.7 Å². The normalized spacial score (nSPS) is 11.8. The van der Waals surface area contributed by atoms with Crippen LogP contribution in [0.3, 0.4) is 0 Å². The summed E-state index contributed by atoms with van der Waals surface area (Å²) in [5.41, 5.74) is 8.62. The van der Waals surface area contributed by atoms with Crippen LogP contribution in [0, 0.1) is 0 Å². The van der Waals surface area contributed by atoms with Crippen molar-refractivity contribution in [1.29, 1.82) is 0 Å². The summed E-state index contributed by atoms with van der Waals surface area (Å²) in [6, 6.07) is 48.7. The van der Waals surface area contributed by atoms with Crippen molar-refractivity contribution in [3.8, 4) is 33.9 Å². The maximum absolute atomic E-state index is 6.63. The highest BCUT2D eigenvalue weighted by atomic mass is 16.5. The minimum absolute atomic E-state index is 0.753. The maximum atomic E-state index is 6.63. The van der Waals surface area contributed by atoms with E-state index in [1.807, 2.05) is 24.7 Å². The van der Waals surface area contributed by atoms with Gasteiger partial charge in [0.05, 0.1) is 22.9 Å². The predicted molar refractivity (Wildman–Crippen MR) is 191 cm³/mol. The first kappa shape index (κ1) is 25.8. The Morgan fingerprint density at radius 2 is 1.17 bits per heavy atom. The number of nitrogens with zero attached hydrogens (tertiary/aromatic N) is 4. The van der Waals surface area contributed by atoms with E-state index >= 15 is 0 Å². The van der Waals surface area contributed by atoms with Crippen molar-refractivity contribution in [3.63, 3.8) is 0 Å². The second-order valence-electron chi connectivity index (χ2n) is 11.9. The lowest BCUT2D eigenvalue weighted by atomic mass is 9.96. The van der Waals surface area contributed by atoms with Crippen LogP contribution < -0.4 is 4.74 Å². The van der Waals surface area contributed by atoms with Crippen LogP contribution in [0.15, 0.2) is 158 Å². The molecule has 0 saturated carbocycles. The van der Waals surface area contributed by atoms with Crippen molar-refractivity contribution >= 4 is 54.6 Å². The van der Waals surface area contributed by atoms with Crippen LogP contribution in [0.2, 0.25) is 0 Å². The molecule has 47 heavy (non-hydrogen) atoms. The van der Waals surface area contributed by atoms with Gasteiger partial charge in [-0.1, -0.05) is 91.0 Å². The Morgan fingerprint density at radius 1 is 0.489 bits per heavy atom. The summed E-state index contributed by atoms with van der Waals surface area (Å²) in [5, 5.41) is 6.73. The van der Waals surface area contributed by atoms with E-state index in [9.17, 15) is 0 Å². The maximum Gasteiger partial charge on any atom is 0.145 e. The number of rotatable bonds is 4. The van der Waals surface area contributed by atoms with Crippen molar-refractivity contribution in [2.24, 2.45) is 0 Å². The fourth-order valence-corrected chi connectivity index (χ4v) is 7.21. The van der Waals surface area contributed by atoms with Gasteiger partial charge in [0, 0.05) is 39.5 Å². The van der Waals surface area contributed by atoms with Crippen LogP contribution in [-0.4, -0.2) is 18.8 Å². The third kappa shape index (κ3) is 3.90. The molecule has 4 heterocycles. The van der Waals surface area contributed by atoms with Crippen molar-refractivity contribution in [2.45, 2.75) is 0 Å². The molecule has 0 radical (unpaired) electrons. The Bertz CT molecular complexity index is 2810. The summed E-state index contributed by atoms with van der Waals surface area (Å²) in [6.07, 6.45) is 5.87. The molecule has 0 spiro atoms. The van der Waals surface area contributed by atoms with Gasteiger partial charge < -0.3 is 4.74 Å². The SMILES string of the molecule is c1ccc(-c2cccc3c2c2ccc(Oc4ccc5c6ccccc6n6c(-c7ccccc7)cnc6c5c4)cc2c2nccn32)cc1. The number of hydrogen-bond acceptors (Lipinski definition) is 3. The summed E-state index contributed by atoms with van der Waals surface area (Å²) in [6.45, 7) is 0. The van der Waals surface area contributed by atoms with E-state index in [1.165, 1.54) is 21.9 Å². The van der Waals surface area contributed by atoms with Gasteiger partial charge in [-0.05, 0) is 70.4 Å². The molecule has 0 unspecified atom stereocenters. The van der Waals surface area contributed by atoms with Crippen molar-refractivity contribution in [2.75, 3.05) is 0 Å². The van der Waals surface area contributed by atoms with Gasteiger partial charge in [0.15, 0.2) is 0 Å². The first-order valence-electron chi connectivity index (χ1n) is 15.7. The molecule has 5 nitrogen and oxygen atoms in total. The highest BCUT2D eigenvalue weighted by Crippen LogP contribution is 2.39. The number of hydrogen-bond donors (Lipinski definition) is 0. The molecule has 6 aromatic carbocycles. The van der Waals surface area contributed by atoms with Crippen LogP contribution in [0.4, 0.5) is 0 Å². The van der Waals surface area contributed by atoms with E-state index in [0.29, 0.717) is 0 Å². The zero-order valence-electron chi connectivity index (χ0n) is 25.2.